The summed E-state index contributed by atoms with van der Waals surface area (Å²) in [4.78, 5) is 1.30. The average Bonchev–Trinajstić information content (AvgIpc) is 2.48. The molecule has 0 amide bonds. The minimum absolute atomic E-state index is 0.945. The molecule has 2 aromatic rings. The van der Waals surface area contributed by atoms with Crippen LogP contribution < -0.4 is 10.1 Å². The van der Waals surface area contributed by atoms with Gasteiger partial charge in [-0.05, 0) is 24.1 Å². The molecule has 0 atom stereocenters. The Morgan fingerprint density at radius 3 is 2.58 bits per heavy atom. The lowest BCUT2D eigenvalue weighted by Gasteiger charge is -2.26. The van der Waals surface area contributed by atoms with E-state index in [0.29, 0.717) is 0 Å². The zero-order chi connectivity index (χ0) is 13.1. The molecule has 0 aliphatic carbocycles. The number of benzene rings is 2. The highest BCUT2D eigenvalue weighted by Crippen LogP contribution is 2.34. The Hall–Kier alpha value is -1.23. The van der Waals surface area contributed by atoms with Crippen LogP contribution in [0.5, 0.6) is 5.75 Å². The van der Waals surface area contributed by atoms with E-state index in [1.807, 2.05) is 18.0 Å². The Labute approximate surface area is 118 Å². The molecule has 1 N–H and O–H groups in total. The molecule has 0 aromatic heterocycles. The van der Waals surface area contributed by atoms with Crippen LogP contribution in [0.25, 0.3) is 10.8 Å². The van der Waals surface area contributed by atoms with Crippen molar-refractivity contribution in [3.63, 3.8) is 0 Å². The second-order valence-electron chi connectivity index (χ2n) is 4.58. The summed E-state index contributed by atoms with van der Waals surface area (Å²) >= 11 is 1.85. The molecular formula is C15H18N2OS. The lowest BCUT2D eigenvalue weighted by Crippen LogP contribution is -2.39. The molecule has 1 aliphatic heterocycles. The summed E-state index contributed by atoms with van der Waals surface area (Å²) < 4.78 is 7.86. The van der Waals surface area contributed by atoms with Crippen molar-refractivity contribution in [3.8, 4) is 5.75 Å². The lowest BCUT2D eigenvalue weighted by molar-refractivity contribution is 0.396. The van der Waals surface area contributed by atoms with Gasteiger partial charge in [-0.3, -0.25) is 0 Å². The molecule has 3 rings (SSSR count). The zero-order valence-electron chi connectivity index (χ0n) is 11.1. The Balaban J connectivity index is 1.94. The van der Waals surface area contributed by atoms with Crippen molar-refractivity contribution in [2.75, 3.05) is 33.3 Å². The van der Waals surface area contributed by atoms with Crippen LogP contribution >= 0.6 is 11.9 Å². The molecule has 1 saturated heterocycles. The van der Waals surface area contributed by atoms with Gasteiger partial charge in [-0.15, -0.1) is 0 Å². The maximum Gasteiger partial charge on any atom is 0.126 e. The van der Waals surface area contributed by atoms with Gasteiger partial charge in [0.15, 0.2) is 0 Å². The summed E-state index contributed by atoms with van der Waals surface area (Å²) in [7, 11) is 1.73. The van der Waals surface area contributed by atoms with Gasteiger partial charge in [-0.1, -0.05) is 24.3 Å². The van der Waals surface area contributed by atoms with Crippen LogP contribution in [-0.4, -0.2) is 37.6 Å². The molecule has 1 fully saturated rings. The quantitative estimate of drug-likeness (QED) is 0.870. The monoisotopic (exact) mass is 274 g/mol. The maximum atomic E-state index is 5.44. The SMILES string of the molecule is COc1cccc2c(SN3CCNCC3)cccc12. The number of methoxy groups -OCH3 is 1. The fourth-order valence-corrected chi connectivity index (χ4v) is 3.44. The van der Waals surface area contributed by atoms with E-state index in [9.17, 15) is 0 Å². The van der Waals surface area contributed by atoms with E-state index in [0.717, 1.165) is 31.9 Å². The van der Waals surface area contributed by atoms with Crippen LogP contribution in [0.4, 0.5) is 0 Å². The van der Waals surface area contributed by atoms with Gasteiger partial charge in [0.2, 0.25) is 0 Å². The van der Waals surface area contributed by atoms with Gasteiger partial charge in [-0.2, -0.15) is 0 Å². The van der Waals surface area contributed by atoms with E-state index >= 15 is 0 Å². The number of nitrogens with zero attached hydrogens (tertiary/aromatic N) is 1. The number of hydrogen-bond donors (Lipinski definition) is 1. The number of nitrogens with one attached hydrogen (secondary N) is 1. The third-order valence-corrected chi connectivity index (χ3v) is 4.54. The molecule has 0 saturated carbocycles. The second kappa shape index (κ2) is 5.82. The number of fused-ring (bicyclic) bond motifs is 1. The number of ether oxygens (including phenoxy) is 1. The highest BCUT2D eigenvalue weighted by atomic mass is 32.2. The first-order chi connectivity index (χ1) is 9.38. The van der Waals surface area contributed by atoms with Crippen LogP contribution in [0, 0.1) is 0 Å². The molecule has 2 aromatic carbocycles. The molecule has 4 heteroatoms. The first-order valence-corrected chi connectivity index (χ1v) is 7.35. The van der Waals surface area contributed by atoms with Gasteiger partial charge < -0.3 is 10.1 Å². The summed E-state index contributed by atoms with van der Waals surface area (Å²) in [5.74, 6) is 0.945. The van der Waals surface area contributed by atoms with Gasteiger partial charge in [0.05, 0.1) is 7.11 Å². The fraction of sp³-hybridized carbons (Fsp3) is 0.333. The van der Waals surface area contributed by atoms with Crippen molar-refractivity contribution in [1.82, 2.24) is 9.62 Å². The molecule has 3 nitrogen and oxygen atoms in total. The third kappa shape index (κ3) is 2.71. The fourth-order valence-electron chi connectivity index (χ4n) is 2.38. The molecule has 1 heterocycles. The zero-order valence-corrected chi connectivity index (χ0v) is 11.9. The van der Waals surface area contributed by atoms with Crippen molar-refractivity contribution in [3.05, 3.63) is 36.4 Å². The van der Waals surface area contributed by atoms with E-state index < -0.39 is 0 Å². The Morgan fingerprint density at radius 1 is 1.05 bits per heavy atom. The summed E-state index contributed by atoms with van der Waals surface area (Å²) in [5, 5.41) is 5.84. The largest absolute Gasteiger partial charge is 0.496 e. The van der Waals surface area contributed by atoms with Gasteiger partial charge in [0.1, 0.15) is 5.75 Å². The summed E-state index contributed by atoms with van der Waals surface area (Å²) in [5.41, 5.74) is 0. The Bertz CT molecular complexity index is 567. The van der Waals surface area contributed by atoms with Crippen molar-refractivity contribution in [2.24, 2.45) is 0 Å². The van der Waals surface area contributed by atoms with Crippen LogP contribution in [0.1, 0.15) is 0 Å². The molecule has 0 spiro atoms. The second-order valence-corrected chi connectivity index (χ2v) is 5.72. The highest BCUT2D eigenvalue weighted by Gasteiger charge is 2.13. The maximum absolute atomic E-state index is 5.44. The van der Waals surface area contributed by atoms with E-state index in [1.165, 1.54) is 15.7 Å². The topological polar surface area (TPSA) is 24.5 Å². The molecular weight excluding hydrogens is 256 g/mol. The van der Waals surface area contributed by atoms with E-state index in [-0.39, 0.29) is 0 Å². The van der Waals surface area contributed by atoms with Gasteiger partial charge in [-0.25, -0.2) is 4.31 Å². The number of hydrogen-bond acceptors (Lipinski definition) is 4. The normalized spacial score (nSPS) is 16.7. The number of piperazine rings is 1. The average molecular weight is 274 g/mol. The lowest BCUT2D eigenvalue weighted by atomic mass is 10.1. The van der Waals surface area contributed by atoms with Crippen LogP contribution in [0.3, 0.4) is 0 Å². The van der Waals surface area contributed by atoms with Gasteiger partial charge >= 0.3 is 0 Å². The minimum atomic E-state index is 0.945. The molecule has 1 aliphatic rings. The Morgan fingerprint density at radius 2 is 1.79 bits per heavy atom. The Kier molecular flexibility index (Phi) is 3.92. The van der Waals surface area contributed by atoms with E-state index in [2.05, 4.69) is 40.0 Å². The van der Waals surface area contributed by atoms with Crippen molar-refractivity contribution in [2.45, 2.75) is 4.90 Å². The van der Waals surface area contributed by atoms with Crippen LogP contribution in [0.15, 0.2) is 41.3 Å². The summed E-state index contributed by atoms with van der Waals surface area (Å²) in [6.45, 7) is 4.32. The third-order valence-electron chi connectivity index (χ3n) is 3.37. The minimum Gasteiger partial charge on any atom is -0.496 e. The first kappa shape index (κ1) is 12.8. The first-order valence-electron chi connectivity index (χ1n) is 6.58. The van der Waals surface area contributed by atoms with Crippen molar-refractivity contribution in [1.29, 1.82) is 0 Å². The number of rotatable bonds is 3. The predicted molar refractivity (Wildman–Crippen MR) is 80.8 cm³/mol. The smallest absolute Gasteiger partial charge is 0.126 e. The van der Waals surface area contributed by atoms with E-state index in [1.54, 1.807) is 7.11 Å². The molecule has 0 radical (unpaired) electrons. The molecule has 0 unspecified atom stereocenters. The standard InChI is InChI=1S/C15H18N2OS/c1-18-14-6-2-5-13-12(14)4-3-7-15(13)19-17-10-8-16-9-11-17/h2-7,16H,8-11H2,1H3. The van der Waals surface area contributed by atoms with Crippen LogP contribution in [0.2, 0.25) is 0 Å². The molecule has 0 bridgehead atoms. The van der Waals surface area contributed by atoms with Crippen LogP contribution in [-0.2, 0) is 0 Å². The van der Waals surface area contributed by atoms with Gasteiger partial charge in [0, 0.05) is 41.8 Å². The molecule has 100 valence electrons. The summed E-state index contributed by atoms with van der Waals surface area (Å²) in [6, 6.07) is 12.7. The van der Waals surface area contributed by atoms with Crippen molar-refractivity contribution < 1.29 is 4.74 Å². The highest BCUT2D eigenvalue weighted by molar-refractivity contribution is 7.97. The molecule has 19 heavy (non-hydrogen) atoms. The van der Waals surface area contributed by atoms with Crippen molar-refractivity contribution >= 4 is 22.7 Å². The van der Waals surface area contributed by atoms with E-state index in [4.69, 9.17) is 4.74 Å². The predicted octanol–water partition coefficient (Wildman–Crippen LogP) is 2.76. The summed E-state index contributed by atoms with van der Waals surface area (Å²) in [6.07, 6.45) is 0. The van der Waals surface area contributed by atoms with Gasteiger partial charge in [0.25, 0.3) is 0 Å².